The van der Waals surface area contributed by atoms with E-state index < -0.39 is 53.2 Å². The Morgan fingerprint density at radius 2 is 1.69 bits per heavy atom. The van der Waals surface area contributed by atoms with Crippen LogP contribution in [-0.4, -0.2) is 28.6 Å². The van der Waals surface area contributed by atoms with Crippen molar-refractivity contribution in [2.45, 2.75) is 31.9 Å². The summed E-state index contributed by atoms with van der Waals surface area (Å²) in [6.07, 6.45) is -9.46. The minimum atomic E-state index is -5.04. The molecule has 0 bridgehead atoms. The summed E-state index contributed by atoms with van der Waals surface area (Å²) < 4.78 is 84.5. The van der Waals surface area contributed by atoms with Crippen molar-refractivity contribution in [3.8, 4) is 0 Å². The summed E-state index contributed by atoms with van der Waals surface area (Å²) in [4.78, 5) is 30.0. The van der Waals surface area contributed by atoms with Crippen molar-refractivity contribution in [3.05, 3.63) is 77.1 Å². The number of imide groups is 1. The number of nitrogens with one attached hydrogen (secondary N) is 1. The van der Waals surface area contributed by atoms with Crippen molar-refractivity contribution >= 4 is 22.9 Å². The van der Waals surface area contributed by atoms with Crippen LogP contribution in [0.2, 0.25) is 0 Å². The first-order chi connectivity index (χ1) is 16.8. The number of carbonyl (C=O) groups excluding carboxylic acids is 2. The lowest BCUT2D eigenvalue weighted by molar-refractivity contribution is -0.143. The zero-order valence-electron chi connectivity index (χ0n) is 18.7. The molecule has 1 aromatic heterocycles. The third kappa shape index (κ3) is 5.21. The van der Waals surface area contributed by atoms with Gasteiger partial charge in [0.25, 0.3) is 0 Å². The molecule has 3 amide bonds. The lowest BCUT2D eigenvalue weighted by Crippen LogP contribution is -2.50. The molecule has 0 unspecified atom stereocenters. The van der Waals surface area contributed by atoms with Gasteiger partial charge in [-0.1, -0.05) is 31.2 Å². The molecule has 36 heavy (non-hydrogen) atoms. The van der Waals surface area contributed by atoms with Crippen LogP contribution in [0.4, 0.5) is 35.9 Å². The fraction of sp³-hybridized carbons (Fsp3) is 0.292. The topological polar surface area (TPSA) is 71.5 Å². The van der Waals surface area contributed by atoms with Gasteiger partial charge < -0.3 is 10.1 Å². The summed E-state index contributed by atoms with van der Waals surface area (Å²) in [5.41, 5.74) is -2.81. The molecule has 2 aromatic carbocycles. The van der Waals surface area contributed by atoms with Crippen LogP contribution in [0.1, 0.15) is 35.3 Å². The summed E-state index contributed by atoms with van der Waals surface area (Å²) in [7, 11) is 0. The summed E-state index contributed by atoms with van der Waals surface area (Å²) in [6.45, 7) is 1.21. The van der Waals surface area contributed by atoms with Gasteiger partial charge in [0.15, 0.2) is 0 Å². The van der Waals surface area contributed by atoms with Gasteiger partial charge in [-0.25, -0.2) is 14.5 Å². The first kappa shape index (κ1) is 25.3. The fourth-order valence-corrected chi connectivity index (χ4v) is 4.04. The van der Waals surface area contributed by atoms with Crippen LogP contribution in [-0.2, 0) is 23.6 Å². The molecule has 190 valence electrons. The Morgan fingerprint density at radius 3 is 2.33 bits per heavy atom. The van der Waals surface area contributed by atoms with Crippen molar-refractivity contribution in [3.63, 3.8) is 0 Å². The van der Waals surface area contributed by atoms with Gasteiger partial charge in [-0.15, -0.1) is 0 Å². The van der Waals surface area contributed by atoms with Gasteiger partial charge in [0.05, 0.1) is 11.1 Å². The highest BCUT2D eigenvalue weighted by molar-refractivity contribution is 5.92. The zero-order chi connectivity index (χ0) is 26.3. The molecule has 0 spiro atoms. The van der Waals surface area contributed by atoms with Gasteiger partial charge >= 0.3 is 24.5 Å². The number of benzene rings is 2. The van der Waals surface area contributed by atoms with Gasteiger partial charge in [0.2, 0.25) is 0 Å². The summed E-state index contributed by atoms with van der Waals surface area (Å²) in [5.74, 6) is -0.794. The summed E-state index contributed by atoms with van der Waals surface area (Å²) in [5, 5.41) is 4.26. The Morgan fingerprint density at radius 1 is 1.06 bits per heavy atom. The Labute approximate surface area is 200 Å². The quantitative estimate of drug-likeness (QED) is 0.419. The van der Waals surface area contributed by atoms with Crippen LogP contribution in [0.3, 0.4) is 0 Å². The molecule has 0 aliphatic carbocycles. The first-order valence-corrected chi connectivity index (χ1v) is 10.7. The van der Waals surface area contributed by atoms with Gasteiger partial charge in [0.1, 0.15) is 6.10 Å². The lowest BCUT2D eigenvalue weighted by Gasteiger charge is -2.35. The largest absolute Gasteiger partial charge is 0.441 e. The monoisotopic (exact) mass is 511 g/mol. The number of nitrogens with zero attached hydrogens (tertiary/aromatic N) is 2. The SMILES string of the molecule is C[C@H]1CN(C(=O)NCc2cncc3ccccc23)C(=O)O[C@H]1c1cc(C(F)(F)F)cc(C(F)(F)F)c1. The number of ether oxygens (including phenoxy) is 1. The van der Waals surface area contributed by atoms with Crippen molar-refractivity contribution in [1.29, 1.82) is 0 Å². The number of alkyl halides is 6. The van der Waals surface area contributed by atoms with E-state index in [1.165, 1.54) is 6.92 Å². The predicted octanol–water partition coefficient (Wildman–Crippen LogP) is 6.31. The van der Waals surface area contributed by atoms with Gasteiger partial charge in [0, 0.05) is 36.8 Å². The molecule has 6 nitrogen and oxygen atoms in total. The summed E-state index contributed by atoms with van der Waals surface area (Å²) in [6, 6.07) is 7.55. The van der Waals surface area contributed by atoms with E-state index in [1.807, 2.05) is 24.3 Å². The number of fused-ring (bicyclic) bond motifs is 1. The Hall–Kier alpha value is -3.83. The fourth-order valence-electron chi connectivity index (χ4n) is 4.04. The van der Waals surface area contributed by atoms with Crippen LogP contribution in [0.15, 0.2) is 54.9 Å². The number of aromatic nitrogens is 1. The molecule has 0 radical (unpaired) electrons. The van der Waals surface area contributed by atoms with Crippen LogP contribution >= 0.6 is 0 Å². The van der Waals surface area contributed by atoms with Crippen LogP contribution in [0.5, 0.6) is 0 Å². The van der Waals surface area contributed by atoms with E-state index in [4.69, 9.17) is 4.74 Å². The molecule has 4 rings (SSSR count). The highest BCUT2D eigenvalue weighted by atomic mass is 19.4. The maximum atomic E-state index is 13.2. The second-order valence-electron chi connectivity index (χ2n) is 8.41. The number of amides is 3. The standard InChI is InChI=1S/C24H19F6N3O3/c1-13-12-33(21(34)32-11-16-10-31-9-14-4-2-3-5-19(14)16)22(35)36-20(13)15-6-17(23(25,26)27)8-18(7-15)24(28,29)30/h2-10,13,20H,11-12H2,1H3,(H,32,34)/t13-,20+/m0/s1. The molecule has 3 aromatic rings. The van der Waals surface area contributed by atoms with Crippen molar-refractivity contribution < 1.29 is 40.7 Å². The maximum Gasteiger partial charge on any atom is 0.418 e. The molecule has 1 aliphatic rings. The Balaban J connectivity index is 1.51. The minimum Gasteiger partial charge on any atom is -0.441 e. The lowest BCUT2D eigenvalue weighted by atomic mass is 9.92. The average molecular weight is 511 g/mol. The normalized spacial score (nSPS) is 18.8. The molecule has 1 saturated heterocycles. The smallest absolute Gasteiger partial charge is 0.418 e. The highest BCUT2D eigenvalue weighted by Crippen LogP contribution is 2.40. The predicted molar refractivity (Wildman–Crippen MR) is 116 cm³/mol. The second kappa shape index (κ2) is 9.32. The second-order valence-corrected chi connectivity index (χ2v) is 8.41. The average Bonchev–Trinajstić information content (AvgIpc) is 2.82. The first-order valence-electron chi connectivity index (χ1n) is 10.7. The molecule has 1 N–H and O–H groups in total. The molecule has 0 saturated carbocycles. The number of rotatable bonds is 3. The molecular formula is C24H19F6N3O3. The van der Waals surface area contributed by atoms with E-state index in [1.54, 1.807) is 12.4 Å². The number of hydrogen-bond donors (Lipinski definition) is 1. The van der Waals surface area contributed by atoms with Gasteiger partial charge in [-0.3, -0.25) is 4.98 Å². The van der Waals surface area contributed by atoms with E-state index in [9.17, 15) is 35.9 Å². The van der Waals surface area contributed by atoms with E-state index in [0.717, 1.165) is 15.7 Å². The van der Waals surface area contributed by atoms with Gasteiger partial charge in [-0.05, 0) is 34.7 Å². The van der Waals surface area contributed by atoms with Gasteiger partial charge in [-0.2, -0.15) is 26.3 Å². The molecule has 2 heterocycles. The number of halogens is 6. The Bertz CT molecular complexity index is 1270. The number of hydrogen-bond acceptors (Lipinski definition) is 4. The highest BCUT2D eigenvalue weighted by Gasteiger charge is 2.41. The molecule has 1 aliphatic heterocycles. The van der Waals surface area contributed by atoms with E-state index in [2.05, 4.69) is 10.3 Å². The van der Waals surface area contributed by atoms with Crippen molar-refractivity contribution in [2.75, 3.05) is 6.54 Å². The molecule has 1 fully saturated rings. The summed E-state index contributed by atoms with van der Waals surface area (Å²) >= 11 is 0. The van der Waals surface area contributed by atoms with Crippen molar-refractivity contribution in [2.24, 2.45) is 5.92 Å². The number of carbonyl (C=O) groups is 2. The third-order valence-corrected chi connectivity index (χ3v) is 5.80. The minimum absolute atomic E-state index is 0.000700. The Kier molecular flexibility index (Phi) is 6.54. The van der Waals surface area contributed by atoms with E-state index >= 15 is 0 Å². The number of urea groups is 1. The zero-order valence-corrected chi connectivity index (χ0v) is 18.7. The van der Waals surface area contributed by atoms with Crippen LogP contribution in [0.25, 0.3) is 10.8 Å². The van der Waals surface area contributed by atoms with Crippen molar-refractivity contribution in [1.82, 2.24) is 15.2 Å². The van der Waals surface area contributed by atoms with Crippen LogP contribution < -0.4 is 5.32 Å². The third-order valence-electron chi connectivity index (χ3n) is 5.80. The van der Waals surface area contributed by atoms with E-state index in [-0.39, 0.29) is 19.2 Å². The van der Waals surface area contributed by atoms with E-state index in [0.29, 0.717) is 17.7 Å². The molecular weight excluding hydrogens is 492 g/mol. The number of pyridine rings is 1. The molecule has 2 atom stereocenters. The number of cyclic esters (lactones) is 1. The van der Waals surface area contributed by atoms with Crippen LogP contribution in [0, 0.1) is 5.92 Å². The maximum absolute atomic E-state index is 13.2. The molecule has 12 heteroatoms.